The summed E-state index contributed by atoms with van der Waals surface area (Å²) in [5.41, 5.74) is -1.03. The van der Waals surface area contributed by atoms with Crippen molar-refractivity contribution in [3.8, 4) is 0 Å². The maximum absolute atomic E-state index is 13.5. The standard InChI is InChI=1S/C13H19ClFNO/c1-12(2,13(3,4)17)16-8-9-10(14)6-5-7-11(9)15/h5-7,16-17H,8H2,1-4H3. The summed E-state index contributed by atoms with van der Waals surface area (Å²) in [5, 5.41) is 13.5. The first kappa shape index (κ1) is 14.4. The van der Waals surface area contributed by atoms with Crippen LogP contribution in [0.15, 0.2) is 18.2 Å². The normalized spacial score (nSPS) is 12.9. The van der Waals surface area contributed by atoms with Gasteiger partial charge in [0.1, 0.15) is 5.82 Å². The molecule has 96 valence electrons. The Morgan fingerprint density at radius 1 is 1.29 bits per heavy atom. The Labute approximate surface area is 107 Å². The van der Waals surface area contributed by atoms with E-state index >= 15 is 0 Å². The highest BCUT2D eigenvalue weighted by molar-refractivity contribution is 6.31. The summed E-state index contributed by atoms with van der Waals surface area (Å²) >= 11 is 5.93. The van der Waals surface area contributed by atoms with Crippen molar-refractivity contribution < 1.29 is 9.50 Å². The molecule has 4 heteroatoms. The molecule has 1 aromatic carbocycles. The van der Waals surface area contributed by atoms with Crippen LogP contribution in [0, 0.1) is 5.82 Å². The van der Waals surface area contributed by atoms with E-state index in [0.717, 1.165) is 0 Å². The zero-order valence-corrected chi connectivity index (χ0v) is 11.4. The van der Waals surface area contributed by atoms with Crippen molar-refractivity contribution in [2.45, 2.75) is 45.4 Å². The molecule has 0 atom stereocenters. The van der Waals surface area contributed by atoms with Crippen LogP contribution < -0.4 is 5.32 Å². The largest absolute Gasteiger partial charge is 0.389 e. The molecule has 0 spiro atoms. The molecule has 0 fully saturated rings. The van der Waals surface area contributed by atoms with E-state index in [1.807, 2.05) is 13.8 Å². The number of hydrogen-bond acceptors (Lipinski definition) is 2. The summed E-state index contributed by atoms with van der Waals surface area (Å²) in [5.74, 6) is -0.337. The van der Waals surface area contributed by atoms with Crippen LogP contribution in [0.2, 0.25) is 5.02 Å². The van der Waals surface area contributed by atoms with Gasteiger partial charge in [-0.3, -0.25) is 0 Å². The van der Waals surface area contributed by atoms with Crippen LogP contribution in [-0.4, -0.2) is 16.2 Å². The number of halogens is 2. The third kappa shape index (κ3) is 3.41. The fourth-order valence-corrected chi connectivity index (χ4v) is 1.46. The Morgan fingerprint density at radius 3 is 2.35 bits per heavy atom. The molecule has 0 amide bonds. The van der Waals surface area contributed by atoms with Gasteiger partial charge in [-0.15, -0.1) is 0 Å². The summed E-state index contributed by atoms with van der Waals surface area (Å²) in [6.07, 6.45) is 0. The van der Waals surface area contributed by atoms with E-state index in [1.54, 1.807) is 26.0 Å². The number of benzene rings is 1. The number of nitrogens with one attached hydrogen (secondary N) is 1. The van der Waals surface area contributed by atoms with Crippen molar-refractivity contribution in [3.63, 3.8) is 0 Å². The Kier molecular flexibility index (Phi) is 4.18. The van der Waals surface area contributed by atoms with Crippen molar-refractivity contribution in [3.05, 3.63) is 34.6 Å². The SMILES string of the molecule is CC(C)(O)C(C)(C)NCc1c(F)cccc1Cl. The highest BCUT2D eigenvalue weighted by Crippen LogP contribution is 2.23. The van der Waals surface area contributed by atoms with Crippen molar-refractivity contribution in [2.75, 3.05) is 0 Å². The lowest BCUT2D eigenvalue weighted by atomic mass is 9.86. The highest BCUT2D eigenvalue weighted by Gasteiger charge is 2.34. The predicted octanol–water partition coefficient (Wildman–Crippen LogP) is 3.12. The van der Waals surface area contributed by atoms with Crippen LogP contribution in [0.25, 0.3) is 0 Å². The van der Waals surface area contributed by atoms with Gasteiger partial charge in [0.2, 0.25) is 0 Å². The van der Waals surface area contributed by atoms with Crippen LogP contribution in [0.3, 0.4) is 0 Å². The zero-order chi connectivity index (χ0) is 13.3. The van der Waals surface area contributed by atoms with E-state index in [0.29, 0.717) is 10.6 Å². The molecule has 17 heavy (non-hydrogen) atoms. The molecule has 0 saturated heterocycles. The van der Waals surface area contributed by atoms with E-state index in [-0.39, 0.29) is 12.4 Å². The van der Waals surface area contributed by atoms with Gasteiger partial charge in [0.15, 0.2) is 0 Å². The molecule has 0 radical (unpaired) electrons. The van der Waals surface area contributed by atoms with E-state index in [1.165, 1.54) is 6.07 Å². The second-order valence-corrected chi connectivity index (χ2v) is 5.64. The van der Waals surface area contributed by atoms with E-state index < -0.39 is 11.1 Å². The van der Waals surface area contributed by atoms with Crippen molar-refractivity contribution in [1.29, 1.82) is 0 Å². The lowest BCUT2D eigenvalue weighted by Crippen LogP contribution is -2.55. The van der Waals surface area contributed by atoms with Crippen LogP contribution in [0.5, 0.6) is 0 Å². The van der Waals surface area contributed by atoms with E-state index in [2.05, 4.69) is 5.32 Å². The molecule has 1 aromatic rings. The summed E-state index contributed by atoms with van der Waals surface area (Å²) < 4.78 is 13.5. The molecule has 2 N–H and O–H groups in total. The highest BCUT2D eigenvalue weighted by atomic mass is 35.5. The van der Waals surface area contributed by atoms with Crippen molar-refractivity contribution in [2.24, 2.45) is 0 Å². The minimum atomic E-state index is -0.912. The zero-order valence-electron chi connectivity index (χ0n) is 10.6. The lowest BCUT2D eigenvalue weighted by Gasteiger charge is -2.38. The van der Waals surface area contributed by atoms with Crippen LogP contribution in [-0.2, 0) is 6.54 Å². The second kappa shape index (κ2) is 4.92. The first-order chi connectivity index (χ1) is 7.65. The molecular weight excluding hydrogens is 241 g/mol. The average molecular weight is 260 g/mol. The first-order valence-corrected chi connectivity index (χ1v) is 5.93. The van der Waals surface area contributed by atoms with Gasteiger partial charge in [-0.25, -0.2) is 4.39 Å². The number of aliphatic hydroxyl groups is 1. The van der Waals surface area contributed by atoms with Crippen LogP contribution in [0.4, 0.5) is 4.39 Å². The Balaban J connectivity index is 2.81. The van der Waals surface area contributed by atoms with Crippen molar-refractivity contribution >= 4 is 11.6 Å². The number of hydrogen-bond donors (Lipinski definition) is 2. The van der Waals surface area contributed by atoms with Crippen LogP contribution >= 0.6 is 11.6 Å². The molecule has 1 rings (SSSR count). The van der Waals surface area contributed by atoms with Gasteiger partial charge in [0.05, 0.1) is 5.60 Å². The third-order valence-electron chi connectivity index (χ3n) is 3.30. The van der Waals surface area contributed by atoms with E-state index in [4.69, 9.17) is 11.6 Å². The molecule has 0 saturated carbocycles. The molecule has 0 bridgehead atoms. The molecule has 0 aliphatic carbocycles. The minimum Gasteiger partial charge on any atom is -0.389 e. The Hall–Kier alpha value is -0.640. The van der Waals surface area contributed by atoms with Gasteiger partial charge in [-0.05, 0) is 39.8 Å². The van der Waals surface area contributed by atoms with Gasteiger partial charge < -0.3 is 10.4 Å². The first-order valence-electron chi connectivity index (χ1n) is 5.55. The summed E-state index contributed by atoms with van der Waals surface area (Å²) in [4.78, 5) is 0. The molecule has 0 unspecified atom stereocenters. The Morgan fingerprint density at radius 2 is 1.88 bits per heavy atom. The molecule has 0 heterocycles. The predicted molar refractivity (Wildman–Crippen MR) is 68.6 cm³/mol. The summed E-state index contributed by atoms with van der Waals surface area (Å²) in [6, 6.07) is 4.60. The van der Waals surface area contributed by atoms with E-state index in [9.17, 15) is 9.50 Å². The van der Waals surface area contributed by atoms with Gasteiger partial charge in [-0.2, -0.15) is 0 Å². The molecule has 0 aromatic heterocycles. The maximum atomic E-state index is 13.5. The van der Waals surface area contributed by atoms with Gasteiger partial charge in [-0.1, -0.05) is 17.7 Å². The molecule has 0 aliphatic rings. The molecule has 0 aliphatic heterocycles. The monoisotopic (exact) mass is 259 g/mol. The van der Waals surface area contributed by atoms with Gasteiger partial charge in [0, 0.05) is 22.7 Å². The quantitative estimate of drug-likeness (QED) is 0.871. The fraction of sp³-hybridized carbons (Fsp3) is 0.538. The van der Waals surface area contributed by atoms with Gasteiger partial charge in [0.25, 0.3) is 0 Å². The smallest absolute Gasteiger partial charge is 0.129 e. The topological polar surface area (TPSA) is 32.3 Å². The van der Waals surface area contributed by atoms with Gasteiger partial charge >= 0.3 is 0 Å². The second-order valence-electron chi connectivity index (χ2n) is 5.24. The Bertz CT molecular complexity index is 379. The lowest BCUT2D eigenvalue weighted by molar-refractivity contribution is -0.00543. The number of rotatable bonds is 4. The summed E-state index contributed by atoms with van der Waals surface area (Å²) in [7, 11) is 0. The molecular formula is C13H19ClFNO. The average Bonchev–Trinajstić information content (AvgIpc) is 2.15. The molecule has 2 nitrogen and oxygen atoms in total. The van der Waals surface area contributed by atoms with Crippen LogP contribution in [0.1, 0.15) is 33.3 Å². The third-order valence-corrected chi connectivity index (χ3v) is 3.65. The van der Waals surface area contributed by atoms with Crippen molar-refractivity contribution in [1.82, 2.24) is 5.32 Å². The minimum absolute atomic E-state index is 0.280. The summed E-state index contributed by atoms with van der Waals surface area (Å²) in [6.45, 7) is 7.43. The fourth-order valence-electron chi connectivity index (χ4n) is 1.23. The maximum Gasteiger partial charge on any atom is 0.129 e.